The van der Waals surface area contributed by atoms with Crippen molar-refractivity contribution in [3.05, 3.63) is 64.7 Å². The Hall–Kier alpha value is -2.04. The zero-order valence-corrected chi connectivity index (χ0v) is 21.6. The summed E-state index contributed by atoms with van der Waals surface area (Å²) in [5.74, 6) is 3.00. The highest BCUT2D eigenvalue weighted by atomic mass is 35.5. The summed E-state index contributed by atoms with van der Waals surface area (Å²) in [6, 6.07) is 16.2. The summed E-state index contributed by atoms with van der Waals surface area (Å²) >= 11 is 6.49. The second-order valence-corrected chi connectivity index (χ2v) is 11.1. The minimum atomic E-state index is 0.00165. The van der Waals surface area contributed by atoms with E-state index in [2.05, 4.69) is 39.8 Å². The Labute approximate surface area is 209 Å². The second-order valence-electron chi connectivity index (χ2n) is 10.7. The van der Waals surface area contributed by atoms with Crippen molar-refractivity contribution in [2.24, 2.45) is 23.7 Å². The second kappa shape index (κ2) is 11.1. The molecular formula is C29H38ClNO3. The summed E-state index contributed by atoms with van der Waals surface area (Å²) in [6.45, 7) is 11.3. The van der Waals surface area contributed by atoms with Crippen LogP contribution in [0.2, 0.25) is 5.02 Å². The average Bonchev–Trinajstić information content (AvgIpc) is 2.82. The van der Waals surface area contributed by atoms with Crippen molar-refractivity contribution in [2.45, 2.75) is 52.6 Å². The predicted molar refractivity (Wildman–Crippen MR) is 137 cm³/mol. The minimum Gasteiger partial charge on any atom is -0.484 e. The lowest BCUT2D eigenvalue weighted by Crippen LogP contribution is -2.44. The van der Waals surface area contributed by atoms with Crippen molar-refractivity contribution in [3.8, 4) is 5.75 Å². The molecule has 2 aromatic rings. The van der Waals surface area contributed by atoms with E-state index in [0.29, 0.717) is 36.2 Å². The number of carbonyl (C=O) groups is 1. The number of halogens is 1. The fraction of sp³-hybridized carbons (Fsp3) is 0.552. The van der Waals surface area contributed by atoms with E-state index in [1.54, 1.807) is 0 Å². The first-order chi connectivity index (χ1) is 16.3. The molecule has 4 nitrogen and oxygen atoms in total. The molecule has 0 unspecified atom stereocenters. The lowest BCUT2D eigenvalue weighted by molar-refractivity contribution is -0.136. The largest absolute Gasteiger partial charge is 0.484 e. The van der Waals surface area contributed by atoms with Crippen LogP contribution in [-0.4, -0.2) is 37.1 Å². The molecule has 0 N–H and O–H groups in total. The van der Waals surface area contributed by atoms with Crippen LogP contribution in [0.4, 0.5) is 0 Å². The molecule has 5 heteroatoms. The lowest BCUT2D eigenvalue weighted by atomic mass is 9.76. The van der Waals surface area contributed by atoms with E-state index >= 15 is 0 Å². The fourth-order valence-electron chi connectivity index (χ4n) is 5.74. The van der Waals surface area contributed by atoms with Crippen LogP contribution in [0.5, 0.6) is 5.75 Å². The monoisotopic (exact) mass is 483 g/mol. The van der Waals surface area contributed by atoms with E-state index in [4.69, 9.17) is 21.1 Å². The number of ether oxygens (including phenoxy) is 2. The summed E-state index contributed by atoms with van der Waals surface area (Å²) in [5, 5.41) is 0.814. The molecule has 0 radical (unpaired) electrons. The van der Waals surface area contributed by atoms with Crippen LogP contribution in [0.3, 0.4) is 0 Å². The Morgan fingerprint density at radius 2 is 1.82 bits per heavy atom. The smallest absolute Gasteiger partial charge is 0.260 e. The molecule has 0 saturated carbocycles. The molecule has 2 heterocycles. The summed E-state index contributed by atoms with van der Waals surface area (Å²) in [7, 11) is 0. The molecule has 34 heavy (non-hydrogen) atoms. The number of hydrogen-bond donors (Lipinski definition) is 0. The number of nitrogens with zero attached hydrogens (tertiary/aromatic N) is 1. The third-order valence-corrected chi connectivity index (χ3v) is 7.74. The summed E-state index contributed by atoms with van der Waals surface area (Å²) in [5.41, 5.74) is 2.28. The van der Waals surface area contributed by atoms with E-state index in [9.17, 15) is 4.79 Å². The molecule has 2 saturated heterocycles. The first-order valence-electron chi connectivity index (χ1n) is 12.7. The van der Waals surface area contributed by atoms with Gasteiger partial charge in [0.05, 0.1) is 12.7 Å². The number of benzene rings is 2. The van der Waals surface area contributed by atoms with E-state index in [1.807, 2.05) is 41.3 Å². The van der Waals surface area contributed by atoms with Gasteiger partial charge in [-0.1, -0.05) is 69.6 Å². The maximum absolute atomic E-state index is 12.8. The minimum absolute atomic E-state index is 0.00165. The molecule has 5 atom stereocenters. The Kier molecular flexibility index (Phi) is 8.21. The van der Waals surface area contributed by atoms with Crippen molar-refractivity contribution in [1.29, 1.82) is 0 Å². The van der Waals surface area contributed by atoms with E-state index in [0.717, 1.165) is 35.8 Å². The Morgan fingerprint density at radius 3 is 2.53 bits per heavy atom. The van der Waals surface area contributed by atoms with E-state index in [1.165, 1.54) is 12.0 Å². The van der Waals surface area contributed by atoms with Crippen molar-refractivity contribution in [1.82, 2.24) is 4.90 Å². The fourth-order valence-corrected chi connectivity index (χ4v) is 6.03. The molecular weight excluding hydrogens is 446 g/mol. The third kappa shape index (κ3) is 5.95. The highest BCUT2D eigenvalue weighted by Crippen LogP contribution is 2.45. The molecule has 0 aromatic heterocycles. The molecule has 2 fully saturated rings. The first kappa shape index (κ1) is 25.1. The van der Waals surface area contributed by atoms with Crippen molar-refractivity contribution >= 4 is 17.5 Å². The van der Waals surface area contributed by atoms with Crippen LogP contribution in [0.25, 0.3) is 0 Å². The van der Waals surface area contributed by atoms with E-state index in [-0.39, 0.29) is 18.6 Å². The van der Waals surface area contributed by atoms with Gasteiger partial charge in [-0.25, -0.2) is 0 Å². The zero-order valence-electron chi connectivity index (χ0n) is 20.9. The Bertz CT molecular complexity index is 967. The number of carbonyl (C=O) groups excluding carboxylic acids is 1. The number of amides is 1. The Balaban J connectivity index is 1.42. The average molecular weight is 484 g/mol. The standard InChI is InChI=1S/C29H38ClNO3/c1-19(2)26-14-23(25-10-5-6-11-27(25)30)17-34-29(26)22-8-7-9-24(13-22)33-18-28(32)31-15-20(3)12-21(4)16-31/h5-11,13,19-21,23,26,29H,12,14-18H2,1-4H3/t20-,21-,23-,26-,29-/m0/s1. The summed E-state index contributed by atoms with van der Waals surface area (Å²) in [4.78, 5) is 14.7. The van der Waals surface area contributed by atoms with Gasteiger partial charge < -0.3 is 14.4 Å². The molecule has 1 amide bonds. The lowest BCUT2D eigenvalue weighted by Gasteiger charge is -2.39. The van der Waals surface area contributed by atoms with Crippen molar-refractivity contribution in [3.63, 3.8) is 0 Å². The third-order valence-electron chi connectivity index (χ3n) is 7.39. The SMILES string of the molecule is CC(C)[C@@H]1C[C@H](c2ccccc2Cl)CO[C@H]1c1cccc(OCC(=O)N2C[C@@H](C)C[C@H](C)C2)c1. The first-order valence-corrected chi connectivity index (χ1v) is 13.1. The quantitative estimate of drug-likeness (QED) is 0.456. The van der Waals surface area contributed by atoms with Gasteiger partial charge in [-0.15, -0.1) is 0 Å². The van der Waals surface area contributed by atoms with E-state index < -0.39 is 0 Å². The maximum atomic E-state index is 12.8. The normalized spacial score (nSPS) is 27.6. The van der Waals surface area contributed by atoms with Crippen LogP contribution in [0, 0.1) is 23.7 Å². The predicted octanol–water partition coefficient (Wildman–Crippen LogP) is 6.74. The number of hydrogen-bond acceptors (Lipinski definition) is 3. The van der Waals surface area contributed by atoms with Gasteiger partial charge in [0.1, 0.15) is 5.75 Å². The molecule has 0 bridgehead atoms. The van der Waals surface area contributed by atoms with Crippen molar-refractivity contribution < 1.29 is 14.3 Å². The summed E-state index contributed by atoms with van der Waals surface area (Å²) < 4.78 is 12.4. The highest BCUT2D eigenvalue weighted by Gasteiger charge is 2.35. The maximum Gasteiger partial charge on any atom is 0.260 e. The van der Waals surface area contributed by atoms with Crippen LogP contribution >= 0.6 is 11.6 Å². The highest BCUT2D eigenvalue weighted by molar-refractivity contribution is 6.31. The van der Waals surface area contributed by atoms with Crippen LogP contribution in [0.1, 0.15) is 63.7 Å². The zero-order chi connectivity index (χ0) is 24.2. The van der Waals surface area contributed by atoms with Gasteiger partial charge in [-0.3, -0.25) is 4.79 Å². The van der Waals surface area contributed by atoms with Gasteiger partial charge in [-0.05, 0) is 65.8 Å². The number of rotatable bonds is 6. The van der Waals surface area contributed by atoms with Crippen LogP contribution in [0.15, 0.2) is 48.5 Å². The van der Waals surface area contributed by atoms with Crippen molar-refractivity contribution in [2.75, 3.05) is 26.3 Å². The number of likely N-dealkylation sites (tertiary alicyclic amines) is 1. The molecule has 0 spiro atoms. The molecule has 2 aliphatic heterocycles. The number of piperidine rings is 1. The topological polar surface area (TPSA) is 38.8 Å². The van der Waals surface area contributed by atoms with Gasteiger partial charge in [0, 0.05) is 24.0 Å². The Morgan fingerprint density at radius 1 is 1.09 bits per heavy atom. The molecule has 0 aliphatic carbocycles. The molecule has 2 aliphatic rings. The van der Waals surface area contributed by atoms with Gasteiger partial charge in [0.25, 0.3) is 5.91 Å². The van der Waals surface area contributed by atoms with Crippen LogP contribution < -0.4 is 4.74 Å². The molecule has 4 rings (SSSR count). The van der Waals surface area contributed by atoms with Crippen LogP contribution in [-0.2, 0) is 9.53 Å². The van der Waals surface area contributed by atoms with Gasteiger partial charge in [-0.2, -0.15) is 0 Å². The van der Waals surface area contributed by atoms with Gasteiger partial charge in [0.2, 0.25) is 0 Å². The molecule has 184 valence electrons. The van der Waals surface area contributed by atoms with Gasteiger partial charge >= 0.3 is 0 Å². The molecule has 2 aromatic carbocycles. The summed E-state index contributed by atoms with van der Waals surface area (Å²) in [6.07, 6.45) is 2.21. The van der Waals surface area contributed by atoms with Gasteiger partial charge in [0.15, 0.2) is 6.61 Å².